The molecule has 0 N–H and O–H groups in total. The Morgan fingerprint density at radius 2 is 0.661 bits per heavy atom. The summed E-state index contributed by atoms with van der Waals surface area (Å²) >= 11 is 0. The maximum atomic E-state index is 6.70. The first-order chi connectivity index (χ1) is 30.7. The van der Waals surface area contributed by atoms with Gasteiger partial charge in [0.2, 0.25) is 0 Å². The quantitative estimate of drug-likeness (QED) is 0.168. The SMILES string of the molecule is c1ccc(-c2ccc(-c3cc(-c4ccc(-c5ccc6c(c5)C5(c7ccccc7O6)c6ccccc6-c6ccccc65)cc4)nc(-c4ccc(-c5ccccc5)cc4)n3)cc2)cc1. The zero-order chi connectivity index (χ0) is 41.0. The maximum Gasteiger partial charge on any atom is 0.160 e. The van der Waals surface area contributed by atoms with Gasteiger partial charge in [-0.05, 0) is 79.9 Å². The molecule has 1 aliphatic heterocycles. The summed E-state index contributed by atoms with van der Waals surface area (Å²) in [5, 5.41) is 0. The lowest BCUT2D eigenvalue weighted by atomic mass is 9.66. The second-order valence-corrected chi connectivity index (χ2v) is 16.1. The molecule has 0 atom stereocenters. The highest BCUT2D eigenvalue weighted by atomic mass is 16.5. The number of para-hydroxylation sites is 1. The molecule has 3 nitrogen and oxygen atoms in total. The lowest BCUT2D eigenvalue weighted by Gasteiger charge is -2.39. The van der Waals surface area contributed by atoms with Gasteiger partial charge in [0, 0.05) is 27.8 Å². The summed E-state index contributed by atoms with van der Waals surface area (Å²) in [5.74, 6) is 2.46. The van der Waals surface area contributed by atoms with E-state index in [-0.39, 0.29) is 0 Å². The Kier molecular flexibility index (Phi) is 8.39. The summed E-state index contributed by atoms with van der Waals surface area (Å²) in [5.41, 5.74) is 18.6. The fourth-order valence-electron chi connectivity index (χ4n) is 9.65. The Morgan fingerprint density at radius 3 is 1.21 bits per heavy atom. The average Bonchev–Trinajstić information content (AvgIpc) is 3.65. The predicted octanol–water partition coefficient (Wildman–Crippen LogP) is 14.9. The first-order valence-electron chi connectivity index (χ1n) is 21.1. The van der Waals surface area contributed by atoms with Crippen LogP contribution < -0.4 is 4.74 Å². The summed E-state index contributed by atoms with van der Waals surface area (Å²) in [6, 6.07) is 82.0. The standard InChI is InChI=1S/C59H38N2O/c1-3-13-39(14-4-1)41-23-29-44(30-24-41)54-38-55(61-58(60-54)46-33-27-42(28-34-46)40-15-5-2-6-16-40)45-31-25-43(26-32-45)47-35-36-57-53(37-47)59(52-21-11-12-22-56(52)62-57)50-19-9-7-17-48(50)49-18-8-10-20-51(49)59/h1-38H. The molecule has 0 unspecified atom stereocenters. The van der Waals surface area contributed by atoms with Crippen molar-refractivity contribution < 1.29 is 4.74 Å². The van der Waals surface area contributed by atoms with Gasteiger partial charge < -0.3 is 4.74 Å². The van der Waals surface area contributed by atoms with Crippen molar-refractivity contribution in [2.24, 2.45) is 0 Å². The zero-order valence-electron chi connectivity index (χ0n) is 33.7. The van der Waals surface area contributed by atoms with Crippen molar-refractivity contribution in [3.8, 4) is 89.9 Å². The van der Waals surface area contributed by atoms with E-state index in [2.05, 4.69) is 218 Å². The van der Waals surface area contributed by atoms with Gasteiger partial charge in [0.25, 0.3) is 0 Å². The largest absolute Gasteiger partial charge is 0.457 e. The molecule has 0 fully saturated rings. The minimum absolute atomic E-state index is 0.514. The normalized spacial score (nSPS) is 12.8. The molecule has 12 rings (SSSR count). The Hall–Kier alpha value is -8.14. The van der Waals surface area contributed by atoms with E-state index in [9.17, 15) is 0 Å². The summed E-state index contributed by atoms with van der Waals surface area (Å²) < 4.78 is 6.70. The number of rotatable bonds is 6. The van der Waals surface area contributed by atoms with Crippen LogP contribution in [0.25, 0.3) is 78.4 Å². The molecule has 10 aromatic rings. The van der Waals surface area contributed by atoms with Crippen molar-refractivity contribution in [1.29, 1.82) is 0 Å². The molecular weight excluding hydrogens is 753 g/mol. The minimum atomic E-state index is -0.514. The molecule has 1 aromatic heterocycles. The van der Waals surface area contributed by atoms with Gasteiger partial charge in [-0.1, -0.05) is 206 Å². The molecule has 62 heavy (non-hydrogen) atoms. The van der Waals surface area contributed by atoms with Crippen LogP contribution in [0.4, 0.5) is 0 Å². The molecule has 0 bridgehead atoms. The number of aromatic nitrogens is 2. The van der Waals surface area contributed by atoms with Crippen LogP contribution in [-0.2, 0) is 5.41 Å². The third-order valence-electron chi connectivity index (χ3n) is 12.6. The molecule has 0 saturated heterocycles. The molecule has 290 valence electrons. The van der Waals surface area contributed by atoms with Crippen LogP contribution in [0, 0.1) is 0 Å². The maximum absolute atomic E-state index is 6.70. The fraction of sp³-hybridized carbons (Fsp3) is 0.0169. The zero-order valence-corrected chi connectivity index (χ0v) is 33.7. The first-order valence-corrected chi connectivity index (χ1v) is 21.1. The number of hydrogen-bond acceptors (Lipinski definition) is 3. The van der Waals surface area contributed by atoms with E-state index in [4.69, 9.17) is 14.7 Å². The molecule has 0 amide bonds. The van der Waals surface area contributed by atoms with Crippen molar-refractivity contribution in [3.05, 3.63) is 253 Å². The lowest BCUT2D eigenvalue weighted by molar-refractivity contribution is 0.436. The van der Waals surface area contributed by atoms with Crippen LogP contribution in [0.5, 0.6) is 11.5 Å². The van der Waals surface area contributed by atoms with E-state index >= 15 is 0 Å². The minimum Gasteiger partial charge on any atom is -0.457 e. The summed E-state index contributed by atoms with van der Waals surface area (Å²) in [7, 11) is 0. The number of ether oxygens (including phenoxy) is 1. The van der Waals surface area contributed by atoms with Gasteiger partial charge in [-0.2, -0.15) is 0 Å². The lowest BCUT2D eigenvalue weighted by Crippen LogP contribution is -2.32. The molecule has 3 heteroatoms. The molecule has 0 radical (unpaired) electrons. The van der Waals surface area contributed by atoms with Gasteiger partial charge in [0.05, 0.1) is 16.8 Å². The Labute approximate surface area is 361 Å². The van der Waals surface area contributed by atoms with Crippen molar-refractivity contribution in [1.82, 2.24) is 9.97 Å². The molecule has 1 aliphatic carbocycles. The van der Waals surface area contributed by atoms with E-state index in [1.54, 1.807) is 0 Å². The third kappa shape index (κ3) is 5.82. The van der Waals surface area contributed by atoms with Crippen molar-refractivity contribution in [2.75, 3.05) is 0 Å². The van der Waals surface area contributed by atoms with Crippen LogP contribution in [0.1, 0.15) is 22.3 Å². The van der Waals surface area contributed by atoms with Crippen molar-refractivity contribution >= 4 is 0 Å². The summed E-state index contributed by atoms with van der Waals surface area (Å²) in [6.45, 7) is 0. The highest BCUT2D eigenvalue weighted by molar-refractivity contribution is 5.89. The van der Waals surface area contributed by atoms with Crippen LogP contribution in [-0.4, -0.2) is 9.97 Å². The smallest absolute Gasteiger partial charge is 0.160 e. The van der Waals surface area contributed by atoms with Crippen LogP contribution >= 0.6 is 0 Å². The molecule has 1 spiro atoms. The van der Waals surface area contributed by atoms with Gasteiger partial charge in [0.1, 0.15) is 11.5 Å². The van der Waals surface area contributed by atoms with E-state index in [0.717, 1.165) is 67.4 Å². The van der Waals surface area contributed by atoms with Gasteiger partial charge >= 0.3 is 0 Å². The predicted molar refractivity (Wildman–Crippen MR) is 252 cm³/mol. The van der Waals surface area contributed by atoms with E-state index in [1.807, 2.05) is 12.1 Å². The highest BCUT2D eigenvalue weighted by Gasteiger charge is 2.51. The molecule has 2 aliphatic rings. The number of hydrogen-bond donors (Lipinski definition) is 0. The third-order valence-corrected chi connectivity index (χ3v) is 12.6. The van der Waals surface area contributed by atoms with Crippen LogP contribution in [0.3, 0.4) is 0 Å². The molecule has 9 aromatic carbocycles. The van der Waals surface area contributed by atoms with Crippen LogP contribution in [0.2, 0.25) is 0 Å². The molecular formula is C59H38N2O. The summed E-state index contributed by atoms with van der Waals surface area (Å²) in [4.78, 5) is 10.4. The molecule has 0 saturated carbocycles. The van der Waals surface area contributed by atoms with Crippen LogP contribution in [0.15, 0.2) is 231 Å². The second kappa shape index (κ2) is 14.5. The summed E-state index contributed by atoms with van der Waals surface area (Å²) in [6.07, 6.45) is 0. The Bertz CT molecular complexity index is 3140. The van der Waals surface area contributed by atoms with E-state index in [0.29, 0.717) is 5.82 Å². The Morgan fingerprint density at radius 1 is 0.274 bits per heavy atom. The van der Waals surface area contributed by atoms with Gasteiger partial charge in [-0.15, -0.1) is 0 Å². The number of benzene rings is 9. The van der Waals surface area contributed by atoms with Gasteiger partial charge in [0.15, 0.2) is 5.82 Å². The highest BCUT2D eigenvalue weighted by Crippen LogP contribution is 2.62. The monoisotopic (exact) mass is 790 g/mol. The Balaban J connectivity index is 0.948. The number of fused-ring (bicyclic) bond motifs is 9. The van der Waals surface area contributed by atoms with Gasteiger partial charge in [-0.3, -0.25) is 0 Å². The topological polar surface area (TPSA) is 35.0 Å². The fourth-order valence-corrected chi connectivity index (χ4v) is 9.65. The number of nitrogens with zero attached hydrogens (tertiary/aromatic N) is 2. The average molecular weight is 791 g/mol. The molecule has 2 heterocycles. The van der Waals surface area contributed by atoms with E-state index < -0.39 is 5.41 Å². The first kappa shape index (κ1) is 35.8. The second-order valence-electron chi connectivity index (χ2n) is 16.1. The van der Waals surface area contributed by atoms with E-state index in [1.165, 1.54) is 38.9 Å². The van der Waals surface area contributed by atoms with Crippen molar-refractivity contribution in [3.63, 3.8) is 0 Å². The van der Waals surface area contributed by atoms with Crippen molar-refractivity contribution in [2.45, 2.75) is 5.41 Å². The van der Waals surface area contributed by atoms with Gasteiger partial charge in [-0.25, -0.2) is 9.97 Å².